The van der Waals surface area contributed by atoms with Gasteiger partial charge in [0.25, 0.3) is 0 Å². The van der Waals surface area contributed by atoms with Crippen LogP contribution < -0.4 is 0 Å². The molecule has 1 aliphatic heterocycles. The second-order valence-electron chi connectivity index (χ2n) is 6.93. The van der Waals surface area contributed by atoms with Crippen LogP contribution in [0.5, 0.6) is 0 Å². The molecule has 0 aromatic heterocycles. The highest BCUT2D eigenvalue weighted by molar-refractivity contribution is 4.99. The molecule has 1 heterocycles. The molecule has 0 N–H and O–H groups in total. The molecule has 26 heavy (non-hydrogen) atoms. The second-order valence-corrected chi connectivity index (χ2v) is 6.93. The van der Waals surface area contributed by atoms with Crippen molar-refractivity contribution in [3.05, 3.63) is 12.7 Å². The van der Waals surface area contributed by atoms with Crippen molar-refractivity contribution >= 4 is 0 Å². The highest BCUT2D eigenvalue weighted by atomic mass is 16.7. The lowest BCUT2D eigenvalue weighted by Gasteiger charge is -2.22. The minimum absolute atomic E-state index is 0.0416. The first-order chi connectivity index (χ1) is 12.9. The first-order valence-electron chi connectivity index (χ1n) is 10.7. The van der Waals surface area contributed by atoms with Crippen LogP contribution in [0.15, 0.2) is 12.7 Å². The summed E-state index contributed by atoms with van der Waals surface area (Å²) in [7, 11) is 0. The van der Waals surface area contributed by atoms with Crippen LogP contribution in [0.4, 0.5) is 0 Å². The van der Waals surface area contributed by atoms with E-state index in [1.807, 2.05) is 6.08 Å². The van der Waals surface area contributed by atoms with Crippen LogP contribution in [0.1, 0.15) is 96.3 Å². The molecule has 0 saturated carbocycles. The summed E-state index contributed by atoms with van der Waals surface area (Å²) in [5, 5.41) is 0. The fourth-order valence-electron chi connectivity index (χ4n) is 2.86. The van der Waals surface area contributed by atoms with Gasteiger partial charge < -0.3 is 9.47 Å². The number of hydrogen-bond donors (Lipinski definition) is 0. The molecule has 1 aliphatic rings. The van der Waals surface area contributed by atoms with Gasteiger partial charge in [-0.2, -0.15) is 0 Å². The van der Waals surface area contributed by atoms with E-state index in [1.54, 1.807) is 0 Å². The molecule has 2 nitrogen and oxygen atoms in total. The number of allylic oxidation sites excluding steroid dienone is 1. The van der Waals surface area contributed by atoms with Gasteiger partial charge in [0.2, 0.25) is 0 Å². The molecular formula is C24H38O2. The van der Waals surface area contributed by atoms with Gasteiger partial charge in [0.1, 0.15) is 0 Å². The number of ether oxygens (including phenoxy) is 2. The van der Waals surface area contributed by atoms with Crippen molar-refractivity contribution in [1.82, 2.24) is 0 Å². The van der Waals surface area contributed by atoms with Crippen molar-refractivity contribution in [2.75, 3.05) is 13.2 Å². The van der Waals surface area contributed by atoms with E-state index in [0.29, 0.717) is 0 Å². The SMILES string of the molecule is C=CCCCC#CCCCCCCCC#CCCCOC1CCCCO1. The third-order valence-electron chi connectivity index (χ3n) is 4.45. The van der Waals surface area contributed by atoms with E-state index in [2.05, 4.69) is 30.3 Å². The normalized spacial score (nSPS) is 16.2. The predicted molar refractivity (Wildman–Crippen MR) is 111 cm³/mol. The Bertz CT molecular complexity index is 440. The summed E-state index contributed by atoms with van der Waals surface area (Å²) >= 11 is 0. The van der Waals surface area contributed by atoms with Gasteiger partial charge in [-0.3, -0.25) is 0 Å². The molecule has 1 unspecified atom stereocenters. The summed E-state index contributed by atoms with van der Waals surface area (Å²) < 4.78 is 11.2. The summed E-state index contributed by atoms with van der Waals surface area (Å²) in [6.07, 6.45) is 19.2. The van der Waals surface area contributed by atoms with Gasteiger partial charge in [0.15, 0.2) is 6.29 Å². The molecule has 0 aromatic carbocycles. The van der Waals surface area contributed by atoms with E-state index < -0.39 is 0 Å². The Hall–Kier alpha value is -1.22. The van der Waals surface area contributed by atoms with E-state index in [4.69, 9.17) is 9.47 Å². The third-order valence-corrected chi connectivity index (χ3v) is 4.45. The molecule has 1 fully saturated rings. The molecule has 0 aromatic rings. The highest BCUT2D eigenvalue weighted by Gasteiger charge is 2.12. The Morgan fingerprint density at radius 2 is 1.42 bits per heavy atom. The Morgan fingerprint density at radius 1 is 0.808 bits per heavy atom. The molecular weight excluding hydrogens is 320 g/mol. The van der Waals surface area contributed by atoms with Crippen LogP contribution in [-0.4, -0.2) is 19.5 Å². The van der Waals surface area contributed by atoms with E-state index >= 15 is 0 Å². The van der Waals surface area contributed by atoms with Crippen molar-refractivity contribution in [2.24, 2.45) is 0 Å². The van der Waals surface area contributed by atoms with E-state index in [9.17, 15) is 0 Å². The van der Waals surface area contributed by atoms with E-state index in [0.717, 1.165) is 64.6 Å². The van der Waals surface area contributed by atoms with Gasteiger partial charge in [-0.1, -0.05) is 25.3 Å². The molecule has 0 aliphatic carbocycles. The molecule has 0 bridgehead atoms. The Kier molecular flexibility index (Phi) is 16.3. The van der Waals surface area contributed by atoms with Gasteiger partial charge in [-0.05, 0) is 51.4 Å². The first kappa shape index (κ1) is 22.8. The van der Waals surface area contributed by atoms with Crippen LogP contribution >= 0.6 is 0 Å². The van der Waals surface area contributed by atoms with Crippen LogP contribution in [-0.2, 0) is 9.47 Å². The van der Waals surface area contributed by atoms with Gasteiger partial charge in [-0.15, -0.1) is 30.3 Å². The lowest BCUT2D eigenvalue weighted by Crippen LogP contribution is -2.22. The molecule has 1 rings (SSSR count). The van der Waals surface area contributed by atoms with Gasteiger partial charge in [0.05, 0.1) is 6.61 Å². The Labute approximate surface area is 162 Å². The van der Waals surface area contributed by atoms with Gasteiger partial charge in [-0.25, -0.2) is 0 Å². The Morgan fingerprint density at radius 3 is 2.04 bits per heavy atom. The molecule has 0 radical (unpaired) electrons. The maximum Gasteiger partial charge on any atom is 0.157 e. The third kappa shape index (κ3) is 15.1. The maximum absolute atomic E-state index is 5.70. The topological polar surface area (TPSA) is 18.5 Å². The van der Waals surface area contributed by atoms with Crippen molar-refractivity contribution in [3.8, 4) is 23.7 Å². The Balaban J connectivity index is 1.77. The number of unbranched alkanes of at least 4 members (excludes halogenated alkanes) is 9. The van der Waals surface area contributed by atoms with Crippen LogP contribution in [0.2, 0.25) is 0 Å². The standard InChI is InChI=1S/C24H38O2/c1-2-3-4-5-6-7-8-9-10-11-12-13-14-15-16-17-19-22-25-24-21-18-20-23-26-24/h2,24H,1,3-5,8-14,17-23H2. The predicted octanol–water partition coefficient (Wildman–Crippen LogP) is 6.40. The average molecular weight is 359 g/mol. The zero-order valence-corrected chi connectivity index (χ0v) is 16.7. The monoisotopic (exact) mass is 358 g/mol. The van der Waals surface area contributed by atoms with Crippen molar-refractivity contribution in [3.63, 3.8) is 0 Å². The van der Waals surface area contributed by atoms with Crippen molar-refractivity contribution < 1.29 is 9.47 Å². The minimum Gasteiger partial charge on any atom is -0.353 e. The fraction of sp³-hybridized carbons (Fsp3) is 0.750. The smallest absolute Gasteiger partial charge is 0.157 e. The average Bonchev–Trinajstić information content (AvgIpc) is 2.68. The maximum atomic E-state index is 5.70. The zero-order chi connectivity index (χ0) is 18.5. The summed E-state index contributed by atoms with van der Waals surface area (Å²) in [6, 6.07) is 0. The molecule has 0 amide bonds. The summed E-state index contributed by atoms with van der Waals surface area (Å²) in [5.41, 5.74) is 0. The molecule has 0 spiro atoms. The summed E-state index contributed by atoms with van der Waals surface area (Å²) in [5.74, 6) is 13.1. The lowest BCUT2D eigenvalue weighted by atomic mass is 10.1. The quantitative estimate of drug-likeness (QED) is 0.215. The largest absolute Gasteiger partial charge is 0.353 e. The zero-order valence-electron chi connectivity index (χ0n) is 16.7. The van der Waals surface area contributed by atoms with Crippen molar-refractivity contribution in [1.29, 1.82) is 0 Å². The van der Waals surface area contributed by atoms with Crippen molar-refractivity contribution in [2.45, 2.75) is 103 Å². The van der Waals surface area contributed by atoms with Gasteiger partial charge >= 0.3 is 0 Å². The van der Waals surface area contributed by atoms with Gasteiger partial charge in [0, 0.05) is 32.3 Å². The summed E-state index contributed by atoms with van der Waals surface area (Å²) in [6.45, 7) is 5.35. The highest BCUT2D eigenvalue weighted by Crippen LogP contribution is 2.13. The minimum atomic E-state index is 0.0416. The summed E-state index contributed by atoms with van der Waals surface area (Å²) in [4.78, 5) is 0. The first-order valence-corrected chi connectivity index (χ1v) is 10.7. The van der Waals surface area contributed by atoms with Crippen LogP contribution in [0.25, 0.3) is 0 Å². The lowest BCUT2D eigenvalue weighted by molar-refractivity contribution is -0.162. The molecule has 2 heteroatoms. The fourth-order valence-corrected chi connectivity index (χ4v) is 2.86. The van der Waals surface area contributed by atoms with Crippen LogP contribution in [0, 0.1) is 23.7 Å². The second kappa shape index (κ2) is 18.6. The number of rotatable bonds is 13. The molecule has 1 atom stereocenters. The van der Waals surface area contributed by atoms with E-state index in [-0.39, 0.29) is 6.29 Å². The van der Waals surface area contributed by atoms with Crippen LogP contribution in [0.3, 0.4) is 0 Å². The van der Waals surface area contributed by atoms with E-state index in [1.165, 1.54) is 44.9 Å². The molecule has 1 saturated heterocycles. The number of hydrogen-bond acceptors (Lipinski definition) is 2. The molecule has 146 valence electrons.